The molecule has 2 heteroatoms. The highest BCUT2D eigenvalue weighted by molar-refractivity contribution is 6.37. The van der Waals surface area contributed by atoms with Gasteiger partial charge < -0.3 is 9.47 Å². The average Bonchev–Trinajstić information content (AvgIpc) is 3.37. The Morgan fingerprint density at radius 2 is 0.825 bits per heavy atom. The molecule has 8 rings (SSSR count). The average molecular weight is 515 g/mol. The number of hydrogen-bond acceptors (Lipinski definition) is 2. The highest BCUT2D eigenvalue weighted by Crippen LogP contribution is 2.59. The number of fused-ring (bicyclic) bond motifs is 7. The fourth-order valence-corrected chi connectivity index (χ4v) is 6.72. The van der Waals surface area contributed by atoms with Gasteiger partial charge in [0.1, 0.15) is 11.5 Å². The van der Waals surface area contributed by atoms with Crippen LogP contribution in [0, 0.1) is 0 Å². The monoisotopic (exact) mass is 514 g/mol. The first kappa shape index (κ1) is 22.9. The van der Waals surface area contributed by atoms with Gasteiger partial charge in [0.25, 0.3) is 0 Å². The predicted octanol–water partition coefficient (Wildman–Crippen LogP) is 10.1. The van der Waals surface area contributed by atoms with E-state index in [-0.39, 0.29) is 0 Å². The van der Waals surface area contributed by atoms with Gasteiger partial charge in [-0.05, 0) is 101 Å². The maximum atomic E-state index is 5.73. The molecule has 0 atom stereocenters. The molecule has 0 saturated heterocycles. The zero-order valence-electron chi connectivity index (χ0n) is 22.4. The van der Waals surface area contributed by atoms with Gasteiger partial charge >= 0.3 is 0 Å². The summed E-state index contributed by atoms with van der Waals surface area (Å²) >= 11 is 0. The lowest BCUT2D eigenvalue weighted by Gasteiger charge is -2.21. The zero-order chi connectivity index (χ0) is 26.8. The van der Waals surface area contributed by atoms with Gasteiger partial charge in [0.2, 0.25) is 0 Å². The minimum absolute atomic E-state index is 0.854. The smallest absolute Gasteiger partial charge is 0.119 e. The van der Waals surface area contributed by atoms with Crippen LogP contribution < -0.4 is 9.47 Å². The van der Waals surface area contributed by atoms with Crippen molar-refractivity contribution >= 4 is 32.3 Å². The summed E-state index contributed by atoms with van der Waals surface area (Å²) in [6.07, 6.45) is 0. The minimum atomic E-state index is 0.854. The molecule has 0 spiro atoms. The minimum Gasteiger partial charge on any atom is -0.497 e. The summed E-state index contributed by atoms with van der Waals surface area (Å²) in [6, 6.07) is 43.6. The molecule has 0 unspecified atom stereocenters. The molecule has 0 radical (unpaired) electrons. The molecule has 7 aromatic rings. The fraction of sp³-hybridized carbons (Fsp3) is 0.0526. The van der Waals surface area contributed by atoms with Crippen molar-refractivity contribution in [1.82, 2.24) is 0 Å². The second-order valence-electron chi connectivity index (χ2n) is 10.3. The number of methoxy groups -OCH3 is 2. The van der Waals surface area contributed by atoms with Crippen LogP contribution in [0.4, 0.5) is 0 Å². The van der Waals surface area contributed by atoms with Gasteiger partial charge in [-0.3, -0.25) is 0 Å². The van der Waals surface area contributed by atoms with Crippen LogP contribution in [-0.2, 0) is 0 Å². The molecule has 1 aliphatic rings. The standard InChI is InChI=1S/C38H26O2/c1-39-25-18-16-24(17-19-25)34-27-12-6-8-14-29(27)35-31-21-20-26(40-2)22-32(31)36-30-15-9-7-13-28(30)33(37(34)38(35)36)23-10-4-3-5-11-23/h3-22H,1-2H3. The molecule has 40 heavy (non-hydrogen) atoms. The molecule has 2 nitrogen and oxygen atoms in total. The Bertz CT molecular complexity index is 2110. The van der Waals surface area contributed by atoms with Crippen LogP contribution in [-0.4, -0.2) is 14.2 Å². The van der Waals surface area contributed by atoms with Crippen LogP contribution in [0.5, 0.6) is 11.5 Å². The first-order valence-electron chi connectivity index (χ1n) is 13.6. The third-order valence-electron chi connectivity index (χ3n) is 8.39. The Morgan fingerprint density at radius 3 is 1.40 bits per heavy atom. The molecule has 0 aromatic heterocycles. The van der Waals surface area contributed by atoms with E-state index in [0.29, 0.717) is 0 Å². The highest BCUT2D eigenvalue weighted by atomic mass is 16.5. The quantitative estimate of drug-likeness (QED) is 0.218. The van der Waals surface area contributed by atoms with Crippen molar-refractivity contribution in [3.63, 3.8) is 0 Å². The van der Waals surface area contributed by atoms with Crippen LogP contribution in [0.15, 0.2) is 121 Å². The molecular weight excluding hydrogens is 488 g/mol. The first-order chi connectivity index (χ1) is 19.8. The van der Waals surface area contributed by atoms with E-state index < -0.39 is 0 Å². The molecule has 0 aliphatic heterocycles. The Hall–Kier alpha value is -5.08. The van der Waals surface area contributed by atoms with E-state index in [2.05, 4.69) is 121 Å². The Balaban J connectivity index is 1.70. The molecule has 190 valence electrons. The summed E-state index contributed by atoms with van der Waals surface area (Å²) in [7, 11) is 3.46. The van der Waals surface area contributed by atoms with E-state index in [9.17, 15) is 0 Å². The number of hydrogen-bond donors (Lipinski definition) is 0. The summed E-state index contributed by atoms with van der Waals surface area (Å²) in [5.41, 5.74) is 9.99. The summed E-state index contributed by atoms with van der Waals surface area (Å²) in [6.45, 7) is 0. The van der Waals surface area contributed by atoms with Crippen molar-refractivity contribution in [2.24, 2.45) is 0 Å². The molecule has 0 amide bonds. The van der Waals surface area contributed by atoms with E-state index >= 15 is 0 Å². The lowest BCUT2D eigenvalue weighted by Crippen LogP contribution is -1.93. The van der Waals surface area contributed by atoms with Gasteiger partial charge in [-0.15, -0.1) is 0 Å². The van der Waals surface area contributed by atoms with Gasteiger partial charge in [-0.2, -0.15) is 0 Å². The van der Waals surface area contributed by atoms with Gasteiger partial charge in [-0.1, -0.05) is 97.1 Å². The van der Waals surface area contributed by atoms with Crippen LogP contribution in [0.25, 0.3) is 76.8 Å². The SMILES string of the molecule is COc1ccc(-c2c3ccccc3c3c4c(c5ccccc5c(-c5ccccc5)c24)-c2cc(OC)ccc2-3)cc1. The number of rotatable bonds is 4. The molecule has 0 bridgehead atoms. The molecule has 0 N–H and O–H groups in total. The Labute approximate surface area is 233 Å². The molecule has 0 fully saturated rings. The molecule has 1 aliphatic carbocycles. The Morgan fingerprint density at radius 1 is 0.375 bits per heavy atom. The van der Waals surface area contributed by atoms with Crippen molar-refractivity contribution in [3.8, 4) is 56.0 Å². The number of benzene rings is 7. The Kier molecular flexibility index (Phi) is 4.99. The second kappa shape index (κ2) is 8.72. The van der Waals surface area contributed by atoms with E-state index in [1.165, 1.54) is 76.8 Å². The van der Waals surface area contributed by atoms with Crippen LogP contribution >= 0.6 is 0 Å². The van der Waals surface area contributed by atoms with Crippen molar-refractivity contribution in [3.05, 3.63) is 121 Å². The maximum Gasteiger partial charge on any atom is 0.119 e. The van der Waals surface area contributed by atoms with E-state index in [1.54, 1.807) is 14.2 Å². The fourth-order valence-electron chi connectivity index (χ4n) is 6.72. The van der Waals surface area contributed by atoms with Gasteiger partial charge in [0, 0.05) is 0 Å². The number of ether oxygens (including phenoxy) is 2. The van der Waals surface area contributed by atoms with Gasteiger partial charge in [0.05, 0.1) is 14.2 Å². The van der Waals surface area contributed by atoms with E-state index in [0.717, 1.165) is 11.5 Å². The molecule has 0 heterocycles. The summed E-state index contributed by atoms with van der Waals surface area (Å²) in [4.78, 5) is 0. The van der Waals surface area contributed by atoms with Crippen molar-refractivity contribution < 1.29 is 9.47 Å². The predicted molar refractivity (Wildman–Crippen MR) is 167 cm³/mol. The van der Waals surface area contributed by atoms with Crippen molar-refractivity contribution in [1.29, 1.82) is 0 Å². The summed E-state index contributed by atoms with van der Waals surface area (Å²) < 4.78 is 11.3. The highest BCUT2D eigenvalue weighted by Gasteiger charge is 2.31. The second-order valence-corrected chi connectivity index (χ2v) is 10.3. The third-order valence-corrected chi connectivity index (χ3v) is 8.39. The van der Waals surface area contributed by atoms with E-state index in [1.807, 2.05) is 0 Å². The first-order valence-corrected chi connectivity index (χ1v) is 13.6. The largest absolute Gasteiger partial charge is 0.497 e. The zero-order valence-corrected chi connectivity index (χ0v) is 22.4. The lowest BCUT2D eigenvalue weighted by molar-refractivity contribution is 0.415. The molecule has 7 aromatic carbocycles. The lowest BCUT2D eigenvalue weighted by atomic mass is 9.82. The van der Waals surface area contributed by atoms with Crippen molar-refractivity contribution in [2.75, 3.05) is 14.2 Å². The van der Waals surface area contributed by atoms with Gasteiger partial charge in [0.15, 0.2) is 0 Å². The van der Waals surface area contributed by atoms with Crippen LogP contribution in [0.3, 0.4) is 0 Å². The topological polar surface area (TPSA) is 18.5 Å². The van der Waals surface area contributed by atoms with Gasteiger partial charge in [-0.25, -0.2) is 0 Å². The molecule has 0 saturated carbocycles. The van der Waals surface area contributed by atoms with Crippen LogP contribution in [0.2, 0.25) is 0 Å². The summed E-state index contributed by atoms with van der Waals surface area (Å²) in [5, 5.41) is 7.62. The normalized spacial score (nSPS) is 11.8. The van der Waals surface area contributed by atoms with Crippen LogP contribution in [0.1, 0.15) is 0 Å². The summed E-state index contributed by atoms with van der Waals surface area (Å²) in [5.74, 6) is 1.72. The third kappa shape index (κ3) is 3.11. The molecular formula is C38H26O2. The maximum absolute atomic E-state index is 5.73. The van der Waals surface area contributed by atoms with Crippen molar-refractivity contribution in [2.45, 2.75) is 0 Å². The van der Waals surface area contributed by atoms with E-state index in [4.69, 9.17) is 9.47 Å².